The number of furan rings is 1. The third-order valence-corrected chi connectivity index (χ3v) is 9.75. The molecule has 0 unspecified atom stereocenters. The molecule has 0 fully saturated rings. The Kier molecular flexibility index (Phi) is 6.28. The summed E-state index contributed by atoms with van der Waals surface area (Å²) in [6, 6.07) is 46.4. The second-order valence-electron chi connectivity index (χ2n) is 12.7. The highest BCUT2D eigenvalue weighted by Crippen LogP contribution is 2.41. The zero-order valence-electron chi connectivity index (χ0n) is 26.6. The Morgan fingerprint density at radius 3 is 1.98 bits per heavy atom. The van der Waals surface area contributed by atoms with Crippen LogP contribution in [-0.4, -0.2) is 15.0 Å². The van der Waals surface area contributed by atoms with Crippen LogP contribution in [0, 0.1) is 0 Å². The Morgan fingerprint density at radius 1 is 0.490 bits per heavy atom. The van der Waals surface area contributed by atoms with E-state index in [1.165, 1.54) is 11.1 Å². The number of allylic oxidation sites excluding steroid dienone is 4. The van der Waals surface area contributed by atoms with E-state index in [9.17, 15) is 0 Å². The summed E-state index contributed by atoms with van der Waals surface area (Å²) in [5.74, 6) is 0.691. The van der Waals surface area contributed by atoms with Gasteiger partial charge in [-0.1, -0.05) is 115 Å². The highest BCUT2D eigenvalue weighted by molar-refractivity contribution is 6.24. The molecule has 4 heteroatoms. The lowest BCUT2D eigenvalue weighted by molar-refractivity contribution is 0.673. The van der Waals surface area contributed by atoms with E-state index in [4.69, 9.17) is 19.4 Å². The molecule has 0 radical (unpaired) electrons. The molecule has 3 aromatic heterocycles. The van der Waals surface area contributed by atoms with Crippen LogP contribution in [0.25, 0.3) is 94.0 Å². The van der Waals surface area contributed by atoms with Gasteiger partial charge in [-0.3, -0.25) is 0 Å². The van der Waals surface area contributed by atoms with E-state index in [1.807, 2.05) is 18.2 Å². The van der Waals surface area contributed by atoms with Crippen LogP contribution in [0.4, 0.5) is 0 Å². The molecule has 0 saturated carbocycles. The Balaban J connectivity index is 1.15. The molecule has 230 valence electrons. The van der Waals surface area contributed by atoms with Crippen molar-refractivity contribution < 1.29 is 4.42 Å². The van der Waals surface area contributed by atoms with E-state index in [-0.39, 0.29) is 0 Å². The second-order valence-corrected chi connectivity index (χ2v) is 12.7. The van der Waals surface area contributed by atoms with E-state index in [0.29, 0.717) is 5.82 Å². The number of para-hydroxylation sites is 2. The Labute approximate surface area is 282 Å². The summed E-state index contributed by atoms with van der Waals surface area (Å²) >= 11 is 0. The van der Waals surface area contributed by atoms with Gasteiger partial charge in [0.1, 0.15) is 11.2 Å². The molecule has 0 aliphatic heterocycles. The third-order valence-electron chi connectivity index (χ3n) is 9.75. The number of benzene rings is 6. The van der Waals surface area contributed by atoms with E-state index >= 15 is 0 Å². The first-order valence-electron chi connectivity index (χ1n) is 16.8. The molecule has 1 aliphatic carbocycles. The van der Waals surface area contributed by atoms with Crippen molar-refractivity contribution in [2.75, 3.05) is 0 Å². The fourth-order valence-corrected chi connectivity index (χ4v) is 7.33. The maximum absolute atomic E-state index is 6.70. The van der Waals surface area contributed by atoms with Crippen LogP contribution in [-0.2, 0) is 0 Å². The molecule has 4 nitrogen and oxygen atoms in total. The topological polar surface area (TPSA) is 51.8 Å². The standard InChI is InChI=1S/C45H29N3O/c1-3-11-28(12-4-1)29-19-21-31(22-20-29)42-35-16-8-10-18-39(35)47-45(48-42)32-23-26-40-37(27-32)33-24-25-36-41(44(33)49-40)34-15-7-9-17-38(34)46-43(36)30-13-5-2-6-14-30/h1-3,5-11,13-27H,4,12H2. The molecule has 0 atom stereocenters. The van der Waals surface area contributed by atoms with Crippen LogP contribution in [0.5, 0.6) is 0 Å². The summed E-state index contributed by atoms with van der Waals surface area (Å²) in [6.07, 6.45) is 8.75. The lowest BCUT2D eigenvalue weighted by atomic mass is 9.95. The largest absolute Gasteiger partial charge is 0.455 e. The SMILES string of the molecule is C1=CCCC(c2ccc(-c3nc(-c4ccc5oc6c(ccc7c(-c8ccccc8)nc8ccccc8c76)c5c4)nc4ccccc34)cc2)=C1. The minimum atomic E-state index is 0.691. The summed E-state index contributed by atoms with van der Waals surface area (Å²) < 4.78 is 6.70. The minimum Gasteiger partial charge on any atom is -0.455 e. The maximum Gasteiger partial charge on any atom is 0.160 e. The van der Waals surface area contributed by atoms with Crippen molar-refractivity contribution in [3.05, 3.63) is 157 Å². The first kappa shape index (κ1) is 27.7. The lowest BCUT2D eigenvalue weighted by Gasteiger charge is -2.12. The predicted molar refractivity (Wildman–Crippen MR) is 202 cm³/mol. The van der Waals surface area contributed by atoms with Crippen LogP contribution < -0.4 is 0 Å². The number of pyridine rings is 1. The smallest absolute Gasteiger partial charge is 0.160 e. The summed E-state index contributed by atoms with van der Waals surface area (Å²) in [6.45, 7) is 0. The van der Waals surface area contributed by atoms with E-state index in [0.717, 1.165) is 95.4 Å². The van der Waals surface area contributed by atoms with Gasteiger partial charge in [0, 0.05) is 49.0 Å². The molecule has 9 aromatic rings. The van der Waals surface area contributed by atoms with Gasteiger partial charge in [-0.05, 0) is 60.4 Å². The van der Waals surface area contributed by atoms with Gasteiger partial charge in [-0.15, -0.1) is 0 Å². The fourth-order valence-electron chi connectivity index (χ4n) is 7.33. The number of aromatic nitrogens is 3. The van der Waals surface area contributed by atoms with Crippen LogP contribution in [0.2, 0.25) is 0 Å². The molecular formula is C45H29N3O. The van der Waals surface area contributed by atoms with Gasteiger partial charge in [0.15, 0.2) is 5.82 Å². The summed E-state index contributed by atoms with van der Waals surface area (Å²) in [5.41, 5.74) is 11.2. The molecule has 0 amide bonds. The molecule has 3 heterocycles. The van der Waals surface area contributed by atoms with Crippen LogP contribution >= 0.6 is 0 Å². The van der Waals surface area contributed by atoms with Crippen molar-refractivity contribution in [2.24, 2.45) is 0 Å². The molecule has 6 aromatic carbocycles. The Morgan fingerprint density at radius 2 is 1.16 bits per heavy atom. The normalized spacial score (nSPS) is 13.2. The predicted octanol–water partition coefficient (Wildman–Crippen LogP) is 12.0. The summed E-state index contributed by atoms with van der Waals surface area (Å²) in [4.78, 5) is 15.4. The molecular weight excluding hydrogens is 599 g/mol. The first-order valence-corrected chi connectivity index (χ1v) is 16.8. The van der Waals surface area contributed by atoms with Gasteiger partial charge in [-0.2, -0.15) is 0 Å². The maximum atomic E-state index is 6.70. The number of rotatable bonds is 4. The Hall–Kier alpha value is -6.39. The average molecular weight is 628 g/mol. The third kappa shape index (κ3) is 4.56. The minimum absolute atomic E-state index is 0.691. The first-order chi connectivity index (χ1) is 24.3. The number of hydrogen-bond acceptors (Lipinski definition) is 4. The van der Waals surface area contributed by atoms with Crippen LogP contribution in [0.3, 0.4) is 0 Å². The lowest BCUT2D eigenvalue weighted by Crippen LogP contribution is -1.95. The van der Waals surface area contributed by atoms with Gasteiger partial charge in [-0.25, -0.2) is 15.0 Å². The van der Waals surface area contributed by atoms with Crippen molar-refractivity contribution in [2.45, 2.75) is 12.8 Å². The van der Waals surface area contributed by atoms with Crippen LogP contribution in [0.1, 0.15) is 18.4 Å². The highest BCUT2D eigenvalue weighted by Gasteiger charge is 2.19. The van der Waals surface area contributed by atoms with Crippen LogP contribution in [0.15, 0.2) is 156 Å². The quantitative estimate of drug-likeness (QED) is 0.182. The second kappa shape index (κ2) is 11.1. The van der Waals surface area contributed by atoms with Gasteiger partial charge >= 0.3 is 0 Å². The van der Waals surface area contributed by atoms with Gasteiger partial charge in [0.25, 0.3) is 0 Å². The van der Waals surface area contributed by atoms with Crippen molar-refractivity contribution in [3.63, 3.8) is 0 Å². The highest BCUT2D eigenvalue weighted by atomic mass is 16.3. The van der Waals surface area contributed by atoms with E-state index < -0.39 is 0 Å². The Bertz CT molecular complexity index is 2810. The van der Waals surface area contributed by atoms with E-state index in [2.05, 4.69) is 133 Å². The van der Waals surface area contributed by atoms with Crippen molar-refractivity contribution >= 4 is 60.1 Å². The molecule has 0 spiro atoms. The molecule has 1 aliphatic rings. The average Bonchev–Trinajstić information content (AvgIpc) is 3.56. The number of nitrogens with zero attached hydrogens (tertiary/aromatic N) is 3. The number of fused-ring (bicyclic) bond motifs is 8. The molecule has 10 rings (SSSR count). The molecule has 0 saturated heterocycles. The van der Waals surface area contributed by atoms with E-state index in [1.54, 1.807) is 0 Å². The number of hydrogen-bond donors (Lipinski definition) is 0. The molecule has 0 N–H and O–H groups in total. The monoisotopic (exact) mass is 627 g/mol. The van der Waals surface area contributed by atoms with Gasteiger partial charge < -0.3 is 4.42 Å². The molecule has 0 bridgehead atoms. The fraction of sp³-hybridized carbons (Fsp3) is 0.0444. The summed E-state index contributed by atoms with van der Waals surface area (Å²) in [5, 5.41) is 6.35. The zero-order chi connectivity index (χ0) is 32.3. The zero-order valence-corrected chi connectivity index (χ0v) is 26.6. The van der Waals surface area contributed by atoms with Crippen molar-refractivity contribution in [1.82, 2.24) is 15.0 Å². The van der Waals surface area contributed by atoms with Gasteiger partial charge in [0.2, 0.25) is 0 Å². The van der Waals surface area contributed by atoms with Gasteiger partial charge in [0.05, 0.1) is 22.4 Å². The van der Waals surface area contributed by atoms with Crippen molar-refractivity contribution in [1.29, 1.82) is 0 Å². The molecule has 49 heavy (non-hydrogen) atoms. The summed E-state index contributed by atoms with van der Waals surface area (Å²) in [7, 11) is 0. The van der Waals surface area contributed by atoms with Crippen molar-refractivity contribution in [3.8, 4) is 33.9 Å².